The Hall–Kier alpha value is -1.30. The predicted molar refractivity (Wildman–Crippen MR) is 97.0 cm³/mol. The highest BCUT2D eigenvalue weighted by atomic mass is 35.5. The number of fused-ring (bicyclic) bond motifs is 1. The van der Waals surface area contributed by atoms with E-state index < -0.39 is 6.10 Å². The summed E-state index contributed by atoms with van der Waals surface area (Å²) in [6, 6.07) is 6.20. The molecule has 0 bridgehead atoms. The number of rotatable bonds is 6. The second kappa shape index (κ2) is 9.25. The number of hydrogen-bond acceptors (Lipinski definition) is 4. The molecule has 1 heterocycles. The number of carbonyl (C=O) groups excluding carboxylic acids is 1. The van der Waals surface area contributed by atoms with E-state index in [9.17, 15) is 9.90 Å². The number of carbonyl (C=O) groups is 1. The standard InChI is InChI=1S/C18H26N2O3.ClH/c21-14(11-19-13-5-2-1-3-6-13)12-23-17-8-4-7-16-15(17)9-10-18(22)20-16;/h4,7-8,13-14,19,21H,1-3,5-6,9-12H2,(H,20,22);1H. The fourth-order valence-corrected chi connectivity index (χ4v) is 3.38. The zero-order chi connectivity index (χ0) is 16.1. The fraction of sp³-hybridized carbons (Fsp3) is 0.611. The first-order chi connectivity index (χ1) is 11.2. The van der Waals surface area contributed by atoms with Crippen molar-refractivity contribution in [3.05, 3.63) is 23.8 Å². The molecule has 3 N–H and O–H groups in total. The maximum atomic E-state index is 11.4. The molecule has 1 aromatic carbocycles. The number of anilines is 1. The molecule has 24 heavy (non-hydrogen) atoms. The first kappa shape index (κ1) is 19.0. The number of ether oxygens (including phenoxy) is 1. The van der Waals surface area contributed by atoms with Gasteiger partial charge in [0, 0.05) is 30.3 Å². The summed E-state index contributed by atoms with van der Waals surface area (Å²) in [4.78, 5) is 11.4. The van der Waals surface area contributed by atoms with E-state index in [-0.39, 0.29) is 24.9 Å². The minimum absolute atomic E-state index is 0. The molecule has 1 aromatic rings. The summed E-state index contributed by atoms with van der Waals surface area (Å²) in [7, 11) is 0. The minimum atomic E-state index is -0.522. The summed E-state index contributed by atoms with van der Waals surface area (Å²) in [6.45, 7) is 0.834. The molecule has 3 rings (SSSR count). The highest BCUT2D eigenvalue weighted by Gasteiger charge is 2.19. The van der Waals surface area contributed by atoms with E-state index >= 15 is 0 Å². The van der Waals surface area contributed by atoms with Crippen LogP contribution in [-0.4, -0.2) is 36.3 Å². The molecule has 134 valence electrons. The SMILES string of the molecule is Cl.O=C1CCc2c(cccc2OCC(O)CNC2CCCCC2)N1. The minimum Gasteiger partial charge on any atom is -0.490 e. The lowest BCUT2D eigenvalue weighted by Gasteiger charge is -2.25. The molecule has 6 heteroatoms. The van der Waals surface area contributed by atoms with Crippen molar-refractivity contribution in [1.29, 1.82) is 0 Å². The van der Waals surface area contributed by atoms with Gasteiger partial charge in [0.2, 0.25) is 5.91 Å². The summed E-state index contributed by atoms with van der Waals surface area (Å²) in [5.41, 5.74) is 1.85. The van der Waals surface area contributed by atoms with Gasteiger partial charge in [-0.15, -0.1) is 12.4 Å². The number of nitrogens with one attached hydrogen (secondary N) is 2. The number of halogens is 1. The molecule has 0 aromatic heterocycles. The van der Waals surface area contributed by atoms with Gasteiger partial charge in [0.25, 0.3) is 0 Å². The van der Waals surface area contributed by atoms with Gasteiger partial charge in [-0.25, -0.2) is 0 Å². The van der Waals surface area contributed by atoms with Gasteiger partial charge in [0.1, 0.15) is 18.5 Å². The summed E-state index contributed by atoms with van der Waals surface area (Å²) in [5.74, 6) is 0.811. The van der Waals surface area contributed by atoms with Crippen LogP contribution in [0.15, 0.2) is 18.2 Å². The van der Waals surface area contributed by atoms with Gasteiger partial charge in [-0.05, 0) is 31.4 Å². The third-order valence-electron chi connectivity index (χ3n) is 4.69. The molecule has 1 unspecified atom stereocenters. The molecular weight excluding hydrogens is 328 g/mol. The Morgan fingerprint density at radius 2 is 2.04 bits per heavy atom. The molecule has 1 amide bonds. The van der Waals surface area contributed by atoms with Crippen LogP contribution in [0.4, 0.5) is 5.69 Å². The highest BCUT2D eigenvalue weighted by molar-refractivity contribution is 5.94. The van der Waals surface area contributed by atoms with Crippen LogP contribution in [0, 0.1) is 0 Å². The zero-order valence-corrected chi connectivity index (χ0v) is 14.7. The molecule has 1 aliphatic carbocycles. The molecule has 5 nitrogen and oxygen atoms in total. The van der Waals surface area contributed by atoms with Gasteiger partial charge in [0.05, 0.1) is 0 Å². The van der Waals surface area contributed by atoms with Crippen molar-refractivity contribution in [2.75, 3.05) is 18.5 Å². The summed E-state index contributed by atoms with van der Waals surface area (Å²) in [6.07, 6.45) is 6.97. The van der Waals surface area contributed by atoms with E-state index in [1.54, 1.807) is 0 Å². The first-order valence-electron chi connectivity index (χ1n) is 8.68. The molecular formula is C18H27ClN2O3. The Balaban J connectivity index is 0.00000208. The van der Waals surface area contributed by atoms with Gasteiger partial charge >= 0.3 is 0 Å². The van der Waals surface area contributed by atoms with Gasteiger partial charge in [0.15, 0.2) is 0 Å². The summed E-state index contributed by atoms with van der Waals surface area (Å²) < 4.78 is 5.80. The number of hydrogen-bond donors (Lipinski definition) is 3. The maximum absolute atomic E-state index is 11.4. The molecule has 0 saturated heterocycles. The Bertz CT molecular complexity index is 547. The van der Waals surface area contributed by atoms with Crippen molar-refractivity contribution in [1.82, 2.24) is 5.32 Å². The van der Waals surface area contributed by atoms with Gasteiger partial charge in [-0.1, -0.05) is 25.3 Å². The van der Waals surface area contributed by atoms with Gasteiger partial charge < -0.3 is 20.5 Å². The highest BCUT2D eigenvalue weighted by Crippen LogP contribution is 2.31. The summed E-state index contributed by atoms with van der Waals surface area (Å²) >= 11 is 0. The van der Waals surface area contributed by atoms with E-state index in [0.29, 0.717) is 25.4 Å². The van der Waals surface area contributed by atoms with Crippen LogP contribution < -0.4 is 15.4 Å². The van der Waals surface area contributed by atoms with Crippen molar-refractivity contribution >= 4 is 24.0 Å². The average molecular weight is 355 g/mol. The quantitative estimate of drug-likeness (QED) is 0.734. The Morgan fingerprint density at radius 1 is 1.25 bits per heavy atom. The second-order valence-electron chi connectivity index (χ2n) is 6.54. The van der Waals surface area contributed by atoms with E-state index in [1.165, 1.54) is 32.1 Å². The third-order valence-corrected chi connectivity index (χ3v) is 4.69. The molecule has 0 radical (unpaired) electrons. The van der Waals surface area contributed by atoms with Crippen molar-refractivity contribution in [3.8, 4) is 5.75 Å². The van der Waals surface area contributed by atoms with E-state index in [1.807, 2.05) is 18.2 Å². The largest absolute Gasteiger partial charge is 0.490 e. The van der Waals surface area contributed by atoms with Crippen molar-refractivity contribution in [3.63, 3.8) is 0 Å². The number of aliphatic hydroxyl groups excluding tert-OH is 1. The van der Waals surface area contributed by atoms with Crippen LogP contribution in [0.25, 0.3) is 0 Å². The Morgan fingerprint density at radius 3 is 2.83 bits per heavy atom. The van der Waals surface area contributed by atoms with Crippen LogP contribution in [0.5, 0.6) is 5.75 Å². The van der Waals surface area contributed by atoms with Crippen LogP contribution in [0.1, 0.15) is 44.1 Å². The lowest BCUT2D eigenvalue weighted by molar-refractivity contribution is -0.116. The molecule has 1 aliphatic heterocycles. The first-order valence-corrected chi connectivity index (χ1v) is 8.68. The van der Waals surface area contributed by atoms with Crippen molar-refractivity contribution in [2.45, 2.75) is 57.1 Å². The molecule has 2 aliphatic rings. The van der Waals surface area contributed by atoms with Crippen LogP contribution in [-0.2, 0) is 11.2 Å². The monoisotopic (exact) mass is 354 g/mol. The third kappa shape index (κ3) is 5.10. The number of amides is 1. The van der Waals surface area contributed by atoms with Crippen LogP contribution >= 0.6 is 12.4 Å². The average Bonchev–Trinajstić information content (AvgIpc) is 2.58. The fourth-order valence-electron chi connectivity index (χ4n) is 3.38. The Labute approximate surface area is 149 Å². The molecule has 0 spiro atoms. The van der Waals surface area contributed by atoms with Gasteiger partial charge in [-0.2, -0.15) is 0 Å². The van der Waals surface area contributed by atoms with E-state index in [4.69, 9.17) is 4.74 Å². The predicted octanol–water partition coefficient (Wildman–Crippen LogP) is 2.66. The molecule has 1 atom stereocenters. The van der Waals surface area contributed by atoms with Crippen molar-refractivity contribution < 1.29 is 14.6 Å². The molecule has 1 fully saturated rings. The lowest BCUT2D eigenvalue weighted by atomic mass is 9.95. The van der Waals surface area contributed by atoms with Crippen LogP contribution in [0.3, 0.4) is 0 Å². The number of benzene rings is 1. The van der Waals surface area contributed by atoms with Gasteiger partial charge in [-0.3, -0.25) is 4.79 Å². The topological polar surface area (TPSA) is 70.6 Å². The van der Waals surface area contributed by atoms with E-state index in [0.717, 1.165) is 17.0 Å². The maximum Gasteiger partial charge on any atom is 0.224 e. The zero-order valence-electron chi connectivity index (χ0n) is 13.9. The molecule has 1 saturated carbocycles. The Kier molecular flexibility index (Phi) is 7.34. The number of aliphatic hydroxyl groups is 1. The van der Waals surface area contributed by atoms with E-state index in [2.05, 4.69) is 10.6 Å². The normalized spacial score (nSPS) is 19.0. The van der Waals surface area contributed by atoms with Crippen molar-refractivity contribution in [2.24, 2.45) is 0 Å². The lowest BCUT2D eigenvalue weighted by Crippen LogP contribution is -2.39. The summed E-state index contributed by atoms with van der Waals surface area (Å²) in [5, 5.41) is 16.4. The second-order valence-corrected chi connectivity index (χ2v) is 6.54. The van der Waals surface area contributed by atoms with Crippen LogP contribution in [0.2, 0.25) is 0 Å². The smallest absolute Gasteiger partial charge is 0.224 e.